The SMILES string of the molecule is COc1ccccc1NC(=O)COc1ccc(/C=C2/SC(=S)N(C)C2=O)cc1OC. The molecule has 0 aromatic heterocycles. The number of carbonyl (C=O) groups excluding carboxylic acids is 2. The van der Waals surface area contributed by atoms with Crippen molar-refractivity contribution in [3.63, 3.8) is 0 Å². The fourth-order valence-electron chi connectivity index (χ4n) is 2.67. The van der Waals surface area contributed by atoms with Gasteiger partial charge >= 0.3 is 0 Å². The number of hydrogen-bond acceptors (Lipinski definition) is 7. The number of rotatable bonds is 7. The zero-order valence-corrected chi connectivity index (χ0v) is 18.3. The van der Waals surface area contributed by atoms with Crippen LogP contribution in [0.5, 0.6) is 17.2 Å². The number of methoxy groups -OCH3 is 2. The molecule has 7 nitrogen and oxygen atoms in total. The molecule has 1 fully saturated rings. The van der Waals surface area contributed by atoms with Crippen molar-refractivity contribution in [1.29, 1.82) is 0 Å². The van der Waals surface area contributed by atoms with Gasteiger partial charge in [0.1, 0.15) is 10.1 Å². The van der Waals surface area contributed by atoms with Gasteiger partial charge in [-0.1, -0.05) is 42.2 Å². The Labute approximate surface area is 184 Å². The lowest BCUT2D eigenvalue weighted by Crippen LogP contribution is -2.22. The van der Waals surface area contributed by atoms with Gasteiger partial charge in [0.15, 0.2) is 18.1 Å². The van der Waals surface area contributed by atoms with Gasteiger partial charge in [-0.15, -0.1) is 0 Å². The van der Waals surface area contributed by atoms with Crippen LogP contribution in [-0.2, 0) is 9.59 Å². The number of nitrogens with one attached hydrogen (secondary N) is 1. The zero-order chi connectivity index (χ0) is 21.7. The third-order valence-electron chi connectivity index (χ3n) is 4.21. The number of amides is 2. The van der Waals surface area contributed by atoms with Crippen molar-refractivity contribution in [3.8, 4) is 17.2 Å². The molecule has 0 aliphatic carbocycles. The molecule has 1 aliphatic heterocycles. The Bertz CT molecular complexity index is 1020. The maximum atomic E-state index is 12.2. The van der Waals surface area contributed by atoms with Crippen molar-refractivity contribution in [2.45, 2.75) is 0 Å². The van der Waals surface area contributed by atoms with Crippen LogP contribution >= 0.6 is 24.0 Å². The Balaban J connectivity index is 1.68. The van der Waals surface area contributed by atoms with E-state index in [9.17, 15) is 9.59 Å². The number of para-hydroxylation sites is 2. The molecule has 30 heavy (non-hydrogen) atoms. The van der Waals surface area contributed by atoms with Gasteiger partial charge in [0, 0.05) is 7.05 Å². The van der Waals surface area contributed by atoms with Gasteiger partial charge < -0.3 is 19.5 Å². The second-order valence-electron chi connectivity index (χ2n) is 6.19. The first-order valence-corrected chi connectivity index (χ1v) is 10.1. The first-order valence-electron chi connectivity index (χ1n) is 8.88. The van der Waals surface area contributed by atoms with Gasteiger partial charge in [-0.05, 0) is 35.9 Å². The molecule has 0 radical (unpaired) electrons. The van der Waals surface area contributed by atoms with Crippen LogP contribution in [0.3, 0.4) is 0 Å². The van der Waals surface area contributed by atoms with Gasteiger partial charge in [-0.2, -0.15) is 0 Å². The number of nitrogens with zero attached hydrogens (tertiary/aromatic N) is 1. The fourth-order valence-corrected chi connectivity index (χ4v) is 3.85. The van der Waals surface area contributed by atoms with Crippen molar-refractivity contribution in [1.82, 2.24) is 4.90 Å². The third kappa shape index (κ3) is 4.92. The summed E-state index contributed by atoms with van der Waals surface area (Å²) in [5.74, 6) is 0.938. The van der Waals surface area contributed by atoms with Crippen LogP contribution in [0.2, 0.25) is 0 Å². The minimum absolute atomic E-state index is 0.141. The standard InChI is InChI=1S/C21H20N2O5S2/c1-23-20(25)18(30-21(23)29)11-13-8-9-16(17(10-13)27-3)28-12-19(24)22-14-6-4-5-7-15(14)26-2/h4-11H,12H2,1-3H3,(H,22,24)/b18-11+. The van der Waals surface area contributed by atoms with E-state index in [0.717, 1.165) is 5.56 Å². The van der Waals surface area contributed by atoms with Gasteiger partial charge in [-0.25, -0.2) is 0 Å². The summed E-state index contributed by atoms with van der Waals surface area (Å²) in [7, 11) is 4.69. The first kappa shape index (κ1) is 21.7. The van der Waals surface area contributed by atoms with E-state index in [0.29, 0.717) is 32.2 Å². The van der Waals surface area contributed by atoms with Gasteiger partial charge in [0.2, 0.25) is 0 Å². The summed E-state index contributed by atoms with van der Waals surface area (Å²) in [6.45, 7) is -0.206. The minimum atomic E-state index is -0.336. The van der Waals surface area contributed by atoms with Crippen molar-refractivity contribution >= 4 is 51.9 Å². The van der Waals surface area contributed by atoms with E-state index in [1.54, 1.807) is 49.5 Å². The summed E-state index contributed by atoms with van der Waals surface area (Å²) >= 11 is 6.39. The molecule has 0 unspecified atom stereocenters. The van der Waals surface area contributed by atoms with E-state index < -0.39 is 0 Å². The molecular weight excluding hydrogens is 424 g/mol. The average Bonchev–Trinajstić information content (AvgIpc) is 2.99. The fraction of sp³-hybridized carbons (Fsp3) is 0.190. The average molecular weight is 445 g/mol. The van der Waals surface area contributed by atoms with Crippen LogP contribution in [0.1, 0.15) is 5.56 Å². The molecule has 156 valence electrons. The summed E-state index contributed by atoms with van der Waals surface area (Å²) in [6, 6.07) is 12.3. The highest BCUT2D eigenvalue weighted by Crippen LogP contribution is 2.34. The van der Waals surface area contributed by atoms with E-state index in [1.807, 2.05) is 6.07 Å². The Morgan fingerprint density at radius 1 is 1.13 bits per heavy atom. The number of thiocarbonyl (C=S) groups is 1. The van der Waals surface area contributed by atoms with E-state index in [1.165, 1.54) is 30.9 Å². The number of carbonyl (C=O) groups is 2. The molecule has 2 aromatic carbocycles. The second-order valence-corrected chi connectivity index (χ2v) is 7.86. The number of hydrogen-bond donors (Lipinski definition) is 1. The Morgan fingerprint density at radius 2 is 1.87 bits per heavy atom. The number of anilines is 1. The smallest absolute Gasteiger partial charge is 0.265 e. The molecule has 1 saturated heterocycles. The van der Waals surface area contributed by atoms with Crippen LogP contribution in [0.15, 0.2) is 47.4 Å². The van der Waals surface area contributed by atoms with Crippen molar-refractivity contribution in [2.24, 2.45) is 0 Å². The van der Waals surface area contributed by atoms with Gasteiger partial charge in [0.05, 0.1) is 24.8 Å². The summed E-state index contributed by atoms with van der Waals surface area (Å²) in [5, 5.41) is 2.75. The summed E-state index contributed by atoms with van der Waals surface area (Å²) in [5.41, 5.74) is 1.32. The highest BCUT2D eigenvalue weighted by Gasteiger charge is 2.28. The maximum absolute atomic E-state index is 12.2. The van der Waals surface area contributed by atoms with Crippen LogP contribution in [-0.4, -0.2) is 48.9 Å². The lowest BCUT2D eigenvalue weighted by Gasteiger charge is -2.13. The highest BCUT2D eigenvalue weighted by atomic mass is 32.2. The lowest BCUT2D eigenvalue weighted by atomic mass is 10.2. The maximum Gasteiger partial charge on any atom is 0.265 e. The molecule has 1 heterocycles. The highest BCUT2D eigenvalue weighted by molar-refractivity contribution is 8.26. The van der Waals surface area contributed by atoms with Gasteiger partial charge in [-0.3, -0.25) is 14.5 Å². The van der Waals surface area contributed by atoms with E-state index >= 15 is 0 Å². The minimum Gasteiger partial charge on any atom is -0.495 e. The molecule has 1 aliphatic rings. The van der Waals surface area contributed by atoms with Crippen LogP contribution < -0.4 is 19.5 Å². The lowest BCUT2D eigenvalue weighted by molar-refractivity contribution is -0.121. The predicted octanol–water partition coefficient (Wildman–Crippen LogP) is 3.55. The summed E-state index contributed by atoms with van der Waals surface area (Å²) in [4.78, 5) is 26.4. The normalized spacial score (nSPS) is 14.8. The predicted molar refractivity (Wildman–Crippen MR) is 121 cm³/mol. The van der Waals surface area contributed by atoms with E-state index in [4.69, 9.17) is 26.4 Å². The largest absolute Gasteiger partial charge is 0.495 e. The number of ether oxygens (including phenoxy) is 3. The molecule has 0 atom stereocenters. The topological polar surface area (TPSA) is 77.1 Å². The quantitative estimate of drug-likeness (QED) is 0.517. The van der Waals surface area contributed by atoms with Crippen LogP contribution in [0.4, 0.5) is 5.69 Å². The Kier molecular flexibility index (Phi) is 6.96. The van der Waals surface area contributed by atoms with Crippen LogP contribution in [0, 0.1) is 0 Å². The number of likely N-dealkylation sites (N-methyl/N-ethyl adjacent to an activating group) is 1. The zero-order valence-electron chi connectivity index (χ0n) is 16.6. The molecule has 0 saturated carbocycles. The Morgan fingerprint density at radius 3 is 2.53 bits per heavy atom. The molecule has 3 rings (SSSR count). The second kappa shape index (κ2) is 9.64. The summed E-state index contributed by atoms with van der Waals surface area (Å²) in [6.07, 6.45) is 1.74. The van der Waals surface area contributed by atoms with E-state index in [-0.39, 0.29) is 18.4 Å². The molecule has 2 amide bonds. The monoisotopic (exact) mass is 444 g/mol. The molecule has 2 aromatic rings. The van der Waals surface area contributed by atoms with Crippen molar-refractivity contribution < 1.29 is 23.8 Å². The van der Waals surface area contributed by atoms with Gasteiger partial charge in [0.25, 0.3) is 11.8 Å². The Hall–Kier alpha value is -3.04. The third-order valence-corrected chi connectivity index (χ3v) is 5.70. The molecule has 0 bridgehead atoms. The van der Waals surface area contributed by atoms with E-state index in [2.05, 4.69) is 5.32 Å². The molecule has 1 N–H and O–H groups in total. The molecule has 0 spiro atoms. The van der Waals surface area contributed by atoms with Crippen molar-refractivity contribution in [3.05, 3.63) is 52.9 Å². The molecular formula is C21H20N2O5S2. The number of thioether (sulfide) groups is 1. The van der Waals surface area contributed by atoms with Crippen molar-refractivity contribution in [2.75, 3.05) is 33.2 Å². The molecule has 9 heteroatoms. The first-order chi connectivity index (χ1) is 14.4. The number of benzene rings is 2. The summed E-state index contributed by atoms with van der Waals surface area (Å²) < 4.78 is 16.7. The van der Waals surface area contributed by atoms with Crippen LogP contribution in [0.25, 0.3) is 6.08 Å².